The molecule has 1 aromatic carbocycles. The van der Waals surface area contributed by atoms with Gasteiger partial charge in [0.15, 0.2) is 9.92 Å². The molecule has 32 heavy (non-hydrogen) atoms. The molecule has 0 aromatic heterocycles. The molecular formula is C23H34N4O4S. The van der Waals surface area contributed by atoms with Gasteiger partial charge in [0.1, 0.15) is 5.60 Å². The Morgan fingerprint density at radius 3 is 2.12 bits per heavy atom. The summed E-state index contributed by atoms with van der Waals surface area (Å²) < 4.78 is 28.2. The maximum absolute atomic E-state index is 12.7. The van der Waals surface area contributed by atoms with Crippen LogP contribution in [0.15, 0.2) is 17.6 Å². The second kappa shape index (κ2) is 8.77. The molecule has 0 aliphatic heterocycles. The van der Waals surface area contributed by atoms with Crippen molar-refractivity contribution in [3.8, 4) is 0 Å². The van der Waals surface area contributed by atoms with Crippen molar-refractivity contribution in [2.75, 3.05) is 5.32 Å². The van der Waals surface area contributed by atoms with Crippen LogP contribution in [0.2, 0.25) is 0 Å². The number of aryl methyl sites for hydroxylation is 2. The first-order chi connectivity index (χ1) is 14.7. The normalized spacial score (nSPS) is 17.4. The number of fused-ring (bicyclic) bond motifs is 2. The van der Waals surface area contributed by atoms with Gasteiger partial charge in [0.2, 0.25) is 0 Å². The van der Waals surface area contributed by atoms with Gasteiger partial charge >= 0.3 is 12.1 Å². The van der Waals surface area contributed by atoms with Gasteiger partial charge in [0, 0.05) is 11.1 Å². The van der Waals surface area contributed by atoms with E-state index in [0.717, 1.165) is 60.7 Å². The second-order valence-corrected chi connectivity index (χ2v) is 11.7. The number of urea groups is 1. The van der Waals surface area contributed by atoms with E-state index in [0.29, 0.717) is 0 Å². The number of benzene rings is 1. The summed E-state index contributed by atoms with van der Waals surface area (Å²) in [4.78, 5) is 24.6. The zero-order chi connectivity index (χ0) is 23.7. The van der Waals surface area contributed by atoms with Crippen LogP contribution >= 0.6 is 0 Å². The van der Waals surface area contributed by atoms with Gasteiger partial charge in [0.25, 0.3) is 0 Å². The number of hydrogen-bond donors (Lipinski definition) is 4. The maximum Gasteiger partial charge on any atom is 0.408 e. The molecule has 0 saturated carbocycles. The number of hydrogen-bond acceptors (Lipinski definition) is 5. The lowest BCUT2D eigenvalue weighted by molar-refractivity contribution is 0.0491. The Labute approximate surface area is 190 Å². The molecule has 3 amide bonds. The summed E-state index contributed by atoms with van der Waals surface area (Å²) in [6, 6.07) is 1.60. The predicted octanol–water partition coefficient (Wildman–Crippen LogP) is 4.56. The molecule has 0 bridgehead atoms. The summed E-state index contributed by atoms with van der Waals surface area (Å²) in [6.45, 7) is 8.63. The number of rotatable bonds is 5. The minimum Gasteiger partial charge on any atom is -0.444 e. The van der Waals surface area contributed by atoms with Crippen LogP contribution in [0.5, 0.6) is 0 Å². The molecule has 1 aromatic rings. The molecule has 0 heterocycles. The van der Waals surface area contributed by atoms with Gasteiger partial charge in [-0.1, -0.05) is 6.07 Å². The Kier molecular flexibility index (Phi) is 6.60. The third-order valence-electron chi connectivity index (χ3n) is 5.46. The van der Waals surface area contributed by atoms with E-state index >= 15 is 0 Å². The van der Waals surface area contributed by atoms with E-state index in [2.05, 4.69) is 21.4 Å². The summed E-state index contributed by atoms with van der Waals surface area (Å²) in [5.41, 5.74) is 4.14. The van der Waals surface area contributed by atoms with Crippen molar-refractivity contribution in [2.45, 2.75) is 84.3 Å². The quantitative estimate of drug-likeness (QED) is 0.512. The molecular weight excluding hydrogens is 428 g/mol. The first kappa shape index (κ1) is 24.1. The minimum atomic E-state index is -3.57. The first-order valence-electron chi connectivity index (χ1n) is 11.0. The Hall–Kier alpha value is -2.55. The topological polar surface area (TPSA) is 120 Å². The highest BCUT2D eigenvalue weighted by atomic mass is 32.2. The number of nitrogens with one attached hydrogen (secondary N) is 4. The molecule has 9 heteroatoms. The molecule has 1 unspecified atom stereocenters. The van der Waals surface area contributed by atoms with E-state index in [1.54, 1.807) is 34.6 Å². The Morgan fingerprint density at radius 2 is 1.59 bits per heavy atom. The third kappa shape index (κ3) is 6.25. The lowest BCUT2D eigenvalue weighted by Crippen LogP contribution is -2.44. The number of anilines is 1. The van der Waals surface area contributed by atoms with Gasteiger partial charge in [-0.3, -0.25) is 0 Å². The van der Waals surface area contributed by atoms with E-state index in [1.807, 2.05) is 0 Å². The number of carbonyl (C=O) groups excluding carboxylic acids is 2. The van der Waals surface area contributed by atoms with E-state index in [4.69, 9.17) is 9.52 Å². The van der Waals surface area contributed by atoms with Gasteiger partial charge in [-0.2, -0.15) is 0 Å². The molecule has 176 valence electrons. The predicted molar refractivity (Wildman–Crippen MR) is 126 cm³/mol. The van der Waals surface area contributed by atoms with Crippen LogP contribution in [0.3, 0.4) is 0 Å². The molecule has 0 saturated heterocycles. The van der Waals surface area contributed by atoms with Crippen LogP contribution in [0, 0.1) is 4.78 Å². The fourth-order valence-corrected chi connectivity index (χ4v) is 5.08. The van der Waals surface area contributed by atoms with E-state index < -0.39 is 33.2 Å². The van der Waals surface area contributed by atoms with Gasteiger partial charge in [-0.15, -0.1) is 0 Å². The lowest BCUT2D eigenvalue weighted by Gasteiger charge is -2.26. The fraction of sp³-hybridized carbons (Fsp3) is 0.565. The van der Waals surface area contributed by atoms with E-state index in [1.165, 1.54) is 17.2 Å². The molecule has 0 spiro atoms. The van der Waals surface area contributed by atoms with Crippen molar-refractivity contribution in [2.24, 2.45) is 0 Å². The van der Waals surface area contributed by atoms with Crippen LogP contribution in [-0.2, 0) is 40.3 Å². The summed E-state index contributed by atoms with van der Waals surface area (Å²) in [7, 11) is -3.57. The molecule has 4 N–H and O–H groups in total. The van der Waals surface area contributed by atoms with Crippen LogP contribution in [0.4, 0.5) is 15.3 Å². The van der Waals surface area contributed by atoms with Crippen molar-refractivity contribution in [1.82, 2.24) is 10.0 Å². The Balaban J connectivity index is 1.66. The van der Waals surface area contributed by atoms with Gasteiger partial charge < -0.3 is 15.4 Å². The maximum atomic E-state index is 12.7. The smallest absolute Gasteiger partial charge is 0.408 e. The first-order valence-corrected chi connectivity index (χ1v) is 12.6. The average Bonchev–Trinajstić information content (AvgIpc) is 3.26. The molecule has 8 nitrogen and oxygen atoms in total. The highest BCUT2D eigenvalue weighted by Gasteiger charge is 2.26. The largest absolute Gasteiger partial charge is 0.444 e. The number of ether oxygens (including phenoxy) is 1. The highest BCUT2D eigenvalue weighted by molar-refractivity contribution is 7.93. The van der Waals surface area contributed by atoms with Gasteiger partial charge in [-0.25, -0.2) is 23.3 Å². The van der Waals surface area contributed by atoms with Crippen molar-refractivity contribution in [3.05, 3.63) is 39.8 Å². The molecule has 0 fully saturated rings. The molecule has 3 rings (SSSR count). The number of amides is 3. The second-order valence-electron chi connectivity index (χ2n) is 10.0. The molecule has 2 aliphatic rings. The summed E-state index contributed by atoms with van der Waals surface area (Å²) >= 11 is 0. The average molecular weight is 463 g/mol. The Morgan fingerprint density at radius 1 is 1.03 bits per heavy atom. The van der Waals surface area contributed by atoms with E-state index in [-0.39, 0.29) is 0 Å². The number of alkyl carbamates (subject to hydrolysis) is 1. The standard InChI is InChI=1S/C23H34N4O4S/c1-22(2,3)31-21(29)26-23(4,5)12-13-32(24,30)27-20(28)25-19-17-10-6-8-15(17)14-16-9-7-11-18(16)19/h12-14H,6-11H2,1-5H3,(H,26,29)(H3,24,25,27,28,30)/b13-12+. The summed E-state index contributed by atoms with van der Waals surface area (Å²) in [6.07, 6.45) is 6.77. The highest BCUT2D eigenvalue weighted by Crippen LogP contribution is 2.38. The van der Waals surface area contributed by atoms with Crippen LogP contribution in [-0.4, -0.2) is 27.5 Å². The van der Waals surface area contributed by atoms with Gasteiger partial charge in [0.05, 0.1) is 5.54 Å². The van der Waals surface area contributed by atoms with Gasteiger partial charge in [-0.05, 0) is 101 Å². The van der Waals surface area contributed by atoms with Crippen molar-refractivity contribution < 1.29 is 18.5 Å². The fourth-order valence-electron chi connectivity index (χ4n) is 4.15. The zero-order valence-electron chi connectivity index (χ0n) is 19.5. The minimum absolute atomic E-state index is 0.624. The van der Waals surface area contributed by atoms with Crippen LogP contribution in [0.1, 0.15) is 69.7 Å². The molecule has 1 atom stereocenters. The summed E-state index contributed by atoms with van der Waals surface area (Å²) in [5.74, 6) is 0. The van der Waals surface area contributed by atoms with Crippen LogP contribution < -0.4 is 15.4 Å². The van der Waals surface area contributed by atoms with Crippen LogP contribution in [0.25, 0.3) is 0 Å². The van der Waals surface area contributed by atoms with Crippen molar-refractivity contribution in [1.29, 1.82) is 4.78 Å². The Bertz CT molecular complexity index is 1020. The zero-order valence-corrected chi connectivity index (χ0v) is 20.3. The summed E-state index contributed by atoms with van der Waals surface area (Å²) in [5, 5.41) is 6.63. The third-order valence-corrected chi connectivity index (χ3v) is 6.46. The lowest BCUT2D eigenvalue weighted by atomic mass is 9.99. The van der Waals surface area contributed by atoms with Crippen molar-refractivity contribution >= 4 is 27.7 Å². The monoisotopic (exact) mass is 462 g/mol. The molecule has 0 radical (unpaired) electrons. The van der Waals surface area contributed by atoms with Crippen molar-refractivity contribution in [3.63, 3.8) is 0 Å². The number of carbonyl (C=O) groups is 2. The SMILES string of the molecule is CC(C)(/C=C/S(=N)(=O)NC(=O)Nc1c2c(cc3c1CCC3)CCC2)NC(=O)OC(C)(C)C. The molecule has 2 aliphatic carbocycles. The van der Waals surface area contributed by atoms with E-state index in [9.17, 15) is 13.8 Å².